The highest BCUT2D eigenvalue weighted by atomic mass is 32.2. The van der Waals surface area contributed by atoms with Crippen molar-refractivity contribution in [3.8, 4) is 22.6 Å². The predicted octanol–water partition coefficient (Wildman–Crippen LogP) is 2.74. The Morgan fingerprint density at radius 1 is 0.800 bits per heavy atom. The number of nitrogens with one attached hydrogen (secondary N) is 2. The number of fused-ring (bicyclic) bond motifs is 1. The van der Waals surface area contributed by atoms with Crippen LogP contribution in [0.3, 0.4) is 0 Å². The van der Waals surface area contributed by atoms with E-state index in [2.05, 4.69) is 10.0 Å². The van der Waals surface area contributed by atoms with Crippen LogP contribution in [0.2, 0.25) is 0 Å². The average molecular weight is 496 g/mol. The van der Waals surface area contributed by atoms with E-state index in [0.717, 1.165) is 36.8 Å². The first-order valence-electron chi connectivity index (χ1n) is 11.6. The van der Waals surface area contributed by atoms with E-state index in [0.29, 0.717) is 17.1 Å². The van der Waals surface area contributed by atoms with Gasteiger partial charge in [0, 0.05) is 0 Å². The summed E-state index contributed by atoms with van der Waals surface area (Å²) in [6.07, 6.45) is 5.43. The van der Waals surface area contributed by atoms with Gasteiger partial charge in [-0.25, -0.2) is 8.42 Å². The van der Waals surface area contributed by atoms with Gasteiger partial charge in [0.1, 0.15) is 16.4 Å². The van der Waals surface area contributed by atoms with Crippen molar-refractivity contribution in [2.75, 3.05) is 5.32 Å². The third-order valence-electron chi connectivity index (χ3n) is 6.33. The maximum Gasteiger partial charge on any atom is 0.488 e. The fourth-order valence-corrected chi connectivity index (χ4v) is 5.93. The number of rotatable bonds is 3. The van der Waals surface area contributed by atoms with E-state index in [1.165, 1.54) is 24.6 Å². The lowest BCUT2D eigenvalue weighted by Crippen LogP contribution is -2.49. The fourth-order valence-electron chi connectivity index (χ4n) is 4.52. The molecule has 2 aliphatic rings. The molecule has 5 rings (SSSR count). The number of hydrogen-bond acceptors (Lipinski definition) is 7. The summed E-state index contributed by atoms with van der Waals surface area (Å²) >= 11 is 0. The predicted molar refractivity (Wildman–Crippen MR) is 136 cm³/mol. The van der Waals surface area contributed by atoms with Crippen LogP contribution in [0, 0.1) is 5.92 Å². The van der Waals surface area contributed by atoms with Crippen LogP contribution in [-0.4, -0.2) is 42.0 Å². The first-order valence-corrected chi connectivity index (χ1v) is 13.1. The molecule has 1 aliphatic heterocycles. The van der Waals surface area contributed by atoms with Gasteiger partial charge in [-0.15, -0.1) is 0 Å². The monoisotopic (exact) mass is 496 g/mol. The molecule has 8 nitrogen and oxygen atoms in total. The largest absolute Gasteiger partial charge is 0.508 e. The highest BCUT2D eigenvalue weighted by Gasteiger charge is 2.34. The zero-order valence-electron chi connectivity index (χ0n) is 19.1. The van der Waals surface area contributed by atoms with Crippen LogP contribution >= 0.6 is 0 Å². The molecule has 1 unspecified atom stereocenters. The molecule has 1 heterocycles. The minimum atomic E-state index is -3.56. The zero-order valence-corrected chi connectivity index (χ0v) is 19.9. The van der Waals surface area contributed by atoms with Crippen LogP contribution < -0.4 is 15.5 Å². The van der Waals surface area contributed by atoms with Crippen molar-refractivity contribution in [2.24, 2.45) is 5.92 Å². The van der Waals surface area contributed by atoms with Crippen LogP contribution in [0.25, 0.3) is 11.1 Å². The van der Waals surface area contributed by atoms with Crippen LogP contribution in [0.15, 0.2) is 71.6 Å². The van der Waals surface area contributed by atoms with Gasteiger partial charge in [-0.2, -0.15) is 4.72 Å². The van der Waals surface area contributed by atoms with Crippen molar-refractivity contribution in [1.82, 2.24) is 4.72 Å². The van der Waals surface area contributed by atoms with Crippen molar-refractivity contribution >= 4 is 28.3 Å². The number of anilines is 1. The molecule has 0 amide bonds. The molecule has 3 aromatic carbocycles. The second-order valence-electron chi connectivity index (χ2n) is 8.87. The van der Waals surface area contributed by atoms with Crippen molar-refractivity contribution in [1.29, 1.82) is 0 Å². The molecule has 1 aliphatic carbocycles. The maximum absolute atomic E-state index is 12.8. The summed E-state index contributed by atoms with van der Waals surface area (Å²) in [5.41, 5.74) is 2.49. The fraction of sp³-hybridized carbons (Fsp3) is 0.280. The lowest BCUT2D eigenvalue weighted by molar-refractivity contribution is 0.306. The highest BCUT2D eigenvalue weighted by Crippen LogP contribution is 2.35. The Hall–Kier alpha value is -3.05. The Bertz CT molecular complexity index is 1280. The van der Waals surface area contributed by atoms with Gasteiger partial charge < -0.3 is 25.6 Å². The number of benzene rings is 3. The van der Waals surface area contributed by atoms with E-state index in [1.807, 2.05) is 18.2 Å². The van der Waals surface area contributed by atoms with Gasteiger partial charge in [-0.3, -0.25) is 0 Å². The van der Waals surface area contributed by atoms with E-state index in [1.54, 1.807) is 30.3 Å². The van der Waals surface area contributed by atoms with E-state index in [4.69, 9.17) is 15.2 Å². The highest BCUT2D eigenvalue weighted by molar-refractivity contribution is 7.89. The Labute approximate surface area is 205 Å². The van der Waals surface area contributed by atoms with Crippen LogP contribution in [0.4, 0.5) is 5.69 Å². The average Bonchev–Trinajstić information content (AvgIpc) is 2.84. The van der Waals surface area contributed by atoms with Gasteiger partial charge >= 0.3 is 7.12 Å². The Balaban J connectivity index is 0.000000243. The topological polar surface area (TPSA) is 139 Å². The molecule has 1 saturated carbocycles. The Morgan fingerprint density at radius 2 is 1.46 bits per heavy atom. The molecule has 0 aromatic heterocycles. The number of aromatic hydroxyl groups is 2. The molecule has 1 atom stereocenters. The number of phenols is 2. The van der Waals surface area contributed by atoms with E-state index in [-0.39, 0.29) is 22.6 Å². The minimum absolute atomic E-state index is 0.0330. The standard InChI is InChI=1S/C19H22N2O3S.C6H7BO3/c22-16-8-4-7-14(11-16)15-9-10-17-18(12-15)25(23,24)21-19(20-17)13-5-2-1-3-6-13;8-6-3-1-2-5(4-6)7(9)10/h4,7-13,19-22H,1-3,5-6H2;1-4,8-10H. The summed E-state index contributed by atoms with van der Waals surface area (Å²) in [5, 5.41) is 39.0. The summed E-state index contributed by atoms with van der Waals surface area (Å²) in [6.45, 7) is 0. The zero-order chi connectivity index (χ0) is 25.0. The molecule has 6 N–H and O–H groups in total. The minimum Gasteiger partial charge on any atom is -0.508 e. The van der Waals surface area contributed by atoms with Crippen LogP contribution in [0.5, 0.6) is 11.5 Å². The Kier molecular flexibility index (Phi) is 7.66. The first-order chi connectivity index (χ1) is 16.7. The van der Waals surface area contributed by atoms with Gasteiger partial charge in [-0.05, 0) is 71.7 Å². The summed E-state index contributed by atoms with van der Waals surface area (Å²) in [6, 6.07) is 18.0. The van der Waals surface area contributed by atoms with Crippen LogP contribution in [-0.2, 0) is 10.0 Å². The molecule has 0 radical (unpaired) electrons. The first kappa shape index (κ1) is 25.1. The summed E-state index contributed by atoms with van der Waals surface area (Å²) < 4.78 is 28.4. The molecule has 3 aromatic rings. The maximum atomic E-state index is 12.8. The van der Waals surface area contributed by atoms with Gasteiger partial charge in [0.15, 0.2) is 0 Å². The smallest absolute Gasteiger partial charge is 0.488 e. The van der Waals surface area contributed by atoms with Crippen molar-refractivity contribution in [3.63, 3.8) is 0 Å². The normalized spacial score (nSPS) is 19.0. The molecule has 184 valence electrons. The third kappa shape index (κ3) is 6.15. The van der Waals surface area contributed by atoms with Gasteiger partial charge in [-0.1, -0.05) is 49.6 Å². The molecule has 1 fully saturated rings. The van der Waals surface area contributed by atoms with Crippen molar-refractivity contribution < 1.29 is 28.7 Å². The molecular formula is C25H29BN2O6S. The number of sulfonamides is 1. The quantitative estimate of drug-likeness (QED) is 0.307. The molecule has 0 saturated heterocycles. The molecular weight excluding hydrogens is 467 g/mol. The molecule has 0 bridgehead atoms. The van der Waals surface area contributed by atoms with E-state index in [9.17, 15) is 13.5 Å². The number of phenolic OH excluding ortho intramolecular Hbond substituents is 2. The van der Waals surface area contributed by atoms with Gasteiger partial charge in [0.05, 0.1) is 11.9 Å². The summed E-state index contributed by atoms with van der Waals surface area (Å²) in [7, 11) is -5.06. The Morgan fingerprint density at radius 3 is 2.09 bits per heavy atom. The van der Waals surface area contributed by atoms with Crippen molar-refractivity contribution in [3.05, 3.63) is 66.7 Å². The molecule has 0 spiro atoms. The third-order valence-corrected chi connectivity index (χ3v) is 7.81. The second-order valence-corrected chi connectivity index (χ2v) is 10.6. The number of hydrogen-bond donors (Lipinski definition) is 6. The van der Waals surface area contributed by atoms with Gasteiger partial charge in [0.25, 0.3) is 0 Å². The van der Waals surface area contributed by atoms with Crippen LogP contribution in [0.1, 0.15) is 32.1 Å². The van der Waals surface area contributed by atoms with Crippen molar-refractivity contribution in [2.45, 2.75) is 43.2 Å². The van der Waals surface area contributed by atoms with E-state index < -0.39 is 17.1 Å². The van der Waals surface area contributed by atoms with E-state index >= 15 is 0 Å². The summed E-state index contributed by atoms with van der Waals surface area (Å²) in [4.78, 5) is 0.264. The molecule has 35 heavy (non-hydrogen) atoms. The van der Waals surface area contributed by atoms with Gasteiger partial charge in [0.2, 0.25) is 10.0 Å². The summed E-state index contributed by atoms with van der Waals surface area (Å²) in [5.74, 6) is 0.528. The lowest BCUT2D eigenvalue weighted by atomic mass is 9.80. The molecule has 10 heteroatoms. The SMILES string of the molecule is O=S1(=O)NC(C2CCCCC2)Nc2ccc(-c3cccc(O)c3)cc21.OB(O)c1cccc(O)c1. The lowest BCUT2D eigenvalue weighted by Gasteiger charge is -2.35. The second kappa shape index (κ2) is 10.7.